The number of nitrogens with zero attached hydrogens (tertiary/aromatic N) is 2. The molecule has 0 saturated heterocycles. The number of nitrogens with two attached hydrogens (primary N) is 1. The fraction of sp³-hybridized carbons (Fsp3) is 0.462. The maximum atomic E-state index is 9.14. The molecular formula is C13H19N3O. The summed E-state index contributed by atoms with van der Waals surface area (Å²) in [7, 11) is 0. The smallest absolute Gasteiger partial charge is 0.126 e. The molecule has 2 rings (SSSR count). The Morgan fingerprint density at radius 1 is 1.41 bits per heavy atom. The fourth-order valence-electron chi connectivity index (χ4n) is 2.15. The van der Waals surface area contributed by atoms with Gasteiger partial charge in [-0.25, -0.2) is 4.98 Å². The first-order chi connectivity index (χ1) is 8.27. The summed E-state index contributed by atoms with van der Waals surface area (Å²) in [6.07, 6.45) is 1.94. The van der Waals surface area contributed by atoms with E-state index in [1.54, 1.807) is 0 Å². The number of aliphatic hydroxyl groups excluding tert-OH is 1. The molecular weight excluding hydrogens is 214 g/mol. The van der Waals surface area contributed by atoms with E-state index in [1.165, 1.54) is 0 Å². The van der Waals surface area contributed by atoms with Crippen molar-refractivity contribution in [3.05, 3.63) is 30.1 Å². The van der Waals surface area contributed by atoms with Crippen LogP contribution in [0.1, 0.15) is 31.6 Å². The molecule has 92 valence electrons. The molecule has 1 aromatic heterocycles. The Hall–Kier alpha value is -1.39. The van der Waals surface area contributed by atoms with E-state index >= 15 is 0 Å². The van der Waals surface area contributed by atoms with Gasteiger partial charge in [-0.05, 0) is 18.6 Å². The molecule has 3 N–H and O–H groups in total. The van der Waals surface area contributed by atoms with Gasteiger partial charge in [0.1, 0.15) is 5.82 Å². The maximum absolute atomic E-state index is 9.14. The van der Waals surface area contributed by atoms with E-state index in [2.05, 4.69) is 11.9 Å². The van der Waals surface area contributed by atoms with Crippen molar-refractivity contribution >= 4 is 11.0 Å². The molecule has 0 fully saturated rings. The number of aliphatic hydroxyl groups is 1. The number of aromatic nitrogens is 2. The molecule has 2 aromatic rings. The van der Waals surface area contributed by atoms with Gasteiger partial charge in [0, 0.05) is 6.54 Å². The summed E-state index contributed by atoms with van der Waals surface area (Å²) in [4.78, 5) is 4.58. The van der Waals surface area contributed by atoms with Gasteiger partial charge in [-0.3, -0.25) is 0 Å². The molecule has 1 aromatic carbocycles. The van der Waals surface area contributed by atoms with Gasteiger partial charge >= 0.3 is 0 Å². The molecule has 0 aliphatic carbocycles. The highest BCUT2D eigenvalue weighted by molar-refractivity contribution is 5.76. The molecule has 0 saturated carbocycles. The predicted molar refractivity (Wildman–Crippen MR) is 68.7 cm³/mol. The predicted octanol–water partition coefficient (Wildman–Crippen LogP) is 1.83. The highest BCUT2D eigenvalue weighted by Crippen LogP contribution is 2.21. The van der Waals surface area contributed by atoms with E-state index in [-0.39, 0.29) is 12.6 Å². The van der Waals surface area contributed by atoms with Crippen LogP contribution in [-0.2, 0) is 6.54 Å². The molecule has 1 heterocycles. The molecule has 4 nitrogen and oxygen atoms in total. The summed E-state index contributed by atoms with van der Waals surface area (Å²) < 4.78 is 2.02. The summed E-state index contributed by atoms with van der Waals surface area (Å²) in [5.74, 6) is 0.877. The Balaban J connectivity index is 2.49. The van der Waals surface area contributed by atoms with E-state index in [1.807, 2.05) is 28.8 Å². The largest absolute Gasteiger partial charge is 0.395 e. The van der Waals surface area contributed by atoms with Crippen LogP contribution in [-0.4, -0.2) is 21.3 Å². The summed E-state index contributed by atoms with van der Waals surface area (Å²) in [5.41, 5.74) is 8.13. The molecule has 0 aliphatic heterocycles. The Labute approximate surface area is 101 Å². The van der Waals surface area contributed by atoms with Crippen LogP contribution in [0.25, 0.3) is 11.0 Å². The van der Waals surface area contributed by atoms with Crippen molar-refractivity contribution in [1.82, 2.24) is 9.55 Å². The van der Waals surface area contributed by atoms with Gasteiger partial charge in [-0.2, -0.15) is 0 Å². The zero-order chi connectivity index (χ0) is 12.3. The lowest BCUT2D eigenvalue weighted by molar-refractivity contribution is 0.274. The summed E-state index contributed by atoms with van der Waals surface area (Å²) in [5, 5.41) is 9.14. The molecule has 0 amide bonds. The third kappa shape index (κ3) is 2.33. The highest BCUT2D eigenvalue weighted by atomic mass is 16.3. The van der Waals surface area contributed by atoms with E-state index in [0.29, 0.717) is 6.54 Å². The van der Waals surface area contributed by atoms with E-state index in [0.717, 1.165) is 29.7 Å². The average molecular weight is 233 g/mol. The monoisotopic (exact) mass is 233 g/mol. The van der Waals surface area contributed by atoms with Gasteiger partial charge in [0.05, 0.1) is 23.7 Å². The number of fused-ring (bicyclic) bond motifs is 1. The zero-order valence-corrected chi connectivity index (χ0v) is 10.1. The highest BCUT2D eigenvalue weighted by Gasteiger charge is 2.15. The van der Waals surface area contributed by atoms with Crippen LogP contribution >= 0.6 is 0 Å². The molecule has 1 unspecified atom stereocenters. The lowest BCUT2D eigenvalue weighted by atomic mass is 10.2. The van der Waals surface area contributed by atoms with Crippen molar-refractivity contribution in [1.29, 1.82) is 0 Å². The number of hydrogen-bond donors (Lipinski definition) is 2. The van der Waals surface area contributed by atoms with Crippen molar-refractivity contribution in [2.24, 2.45) is 5.73 Å². The second-order valence-corrected chi connectivity index (χ2v) is 4.23. The second kappa shape index (κ2) is 5.29. The van der Waals surface area contributed by atoms with Crippen molar-refractivity contribution in [3.63, 3.8) is 0 Å². The summed E-state index contributed by atoms with van der Waals surface area (Å²) >= 11 is 0. The van der Waals surface area contributed by atoms with Gasteiger partial charge in [0.15, 0.2) is 0 Å². The Kier molecular flexibility index (Phi) is 3.76. The molecule has 4 heteroatoms. The van der Waals surface area contributed by atoms with Gasteiger partial charge < -0.3 is 15.4 Å². The molecule has 17 heavy (non-hydrogen) atoms. The van der Waals surface area contributed by atoms with Crippen molar-refractivity contribution in [3.8, 4) is 0 Å². The van der Waals surface area contributed by atoms with Crippen molar-refractivity contribution < 1.29 is 5.11 Å². The molecule has 0 spiro atoms. The number of rotatable bonds is 5. The van der Waals surface area contributed by atoms with E-state index in [9.17, 15) is 0 Å². The average Bonchev–Trinajstić information content (AvgIpc) is 2.70. The SMILES string of the molecule is CCCC(N)c1nc2ccccc2n1CCO. The van der Waals surface area contributed by atoms with Crippen LogP contribution in [0.3, 0.4) is 0 Å². The first-order valence-corrected chi connectivity index (χ1v) is 6.09. The quantitative estimate of drug-likeness (QED) is 0.828. The minimum atomic E-state index is -0.0565. The molecule has 1 atom stereocenters. The summed E-state index contributed by atoms with van der Waals surface area (Å²) in [6.45, 7) is 2.76. The van der Waals surface area contributed by atoms with E-state index in [4.69, 9.17) is 10.8 Å². The minimum Gasteiger partial charge on any atom is -0.395 e. The topological polar surface area (TPSA) is 64.1 Å². The number of hydrogen-bond acceptors (Lipinski definition) is 3. The van der Waals surface area contributed by atoms with Crippen LogP contribution < -0.4 is 5.73 Å². The Morgan fingerprint density at radius 2 is 2.18 bits per heavy atom. The van der Waals surface area contributed by atoms with Crippen LogP contribution in [0.15, 0.2) is 24.3 Å². The first-order valence-electron chi connectivity index (χ1n) is 6.09. The second-order valence-electron chi connectivity index (χ2n) is 4.23. The van der Waals surface area contributed by atoms with Gasteiger partial charge in [-0.1, -0.05) is 25.5 Å². The van der Waals surface area contributed by atoms with Gasteiger partial charge in [0.2, 0.25) is 0 Å². The molecule has 0 radical (unpaired) electrons. The molecule has 0 bridgehead atoms. The Morgan fingerprint density at radius 3 is 2.88 bits per heavy atom. The van der Waals surface area contributed by atoms with Crippen LogP contribution in [0.2, 0.25) is 0 Å². The fourth-order valence-corrected chi connectivity index (χ4v) is 2.15. The van der Waals surface area contributed by atoms with Gasteiger partial charge in [0.25, 0.3) is 0 Å². The van der Waals surface area contributed by atoms with Gasteiger partial charge in [-0.15, -0.1) is 0 Å². The third-order valence-corrected chi connectivity index (χ3v) is 2.94. The number of benzene rings is 1. The molecule has 0 aliphatic rings. The normalized spacial score (nSPS) is 13.1. The van der Waals surface area contributed by atoms with Crippen molar-refractivity contribution in [2.75, 3.05) is 6.61 Å². The van der Waals surface area contributed by atoms with Crippen LogP contribution in [0, 0.1) is 0 Å². The van der Waals surface area contributed by atoms with E-state index < -0.39 is 0 Å². The summed E-state index contributed by atoms with van der Waals surface area (Å²) in [6, 6.07) is 7.88. The van der Waals surface area contributed by atoms with Crippen molar-refractivity contribution in [2.45, 2.75) is 32.4 Å². The minimum absolute atomic E-state index is 0.0565. The first kappa shape index (κ1) is 12.1. The Bertz CT molecular complexity index is 492. The van der Waals surface area contributed by atoms with Crippen LogP contribution in [0.4, 0.5) is 0 Å². The van der Waals surface area contributed by atoms with Crippen LogP contribution in [0.5, 0.6) is 0 Å². The zero-order valence-electron chi connectivity index (χ0n) is 10.1. The number of para-hydroxylation sites is 2. The number of imidazole rings is 1. The maximum Gasteiger partial charge on any atom is 0.126 e. The third-order valence-electron chi connectivity index (χ3n) is 2.94. The standard InChI is InChI=1S/C13H19N3O/c1-2-5-10(14)13-15-11-6-3-4-7-12(11)16(13)8-9-17/h3-4,6-7,10,17H,2,5,8-9,14H2,1H3. The lowest BCUT2D eigenvalue weighted by Gasteiger charge is -2.12. The lowest BCUT2D eigenvalue weighted by Crippen LogP contribution is -2.17.